The number of nitrogens with one attached hydrogen (secondary N) is 6. The fourth-order valence-electron chi connectivity index (χ4n) is 9.45. The van der Waals surface area contributed by atoms with Crippen LogP contribution < -0.4 is 43.4 Å². The summed E-state index contributed by atoms with van der Waals surface area (Å²) in [6.07, 6.45) is 0. The van der Waals surface area contributed by atoms with Crippen molar-refractivity contribution in [3.05, 3.63) is 138 Å². The zero-order valence-electron chi connectivity index (χ0n) is 53.5. The molecule has 17 N–H and O–H groups in total. The van der Waals surface area contributed by atoms with E-state index in [2.05, 4.69) is 96.7 Å². The predicted octanol–water partition coefficient (Wildman–Crippen LogP) is 8.94. The lowest BCUT2D eigenvalue weighted by atomic mass is 10.1. The van der Waals surface area contributed by atoms with Gasteiger partial charge < -0.3 is 43.4 Å². The average molecular weight is 1710 g/mol. The Bertz CT molecular complexity index is 6620. The largest absolute Gasteiger partial charge is 0.397 e. The van der Waals surface area contributed by atoms with Gasteiger partial charge in [0.05, 0.1) is 49.8 Å². The number of nitrogens with two attached hydrogens (primary N) is 2. The molecular weight excluding hydrogens is 1670 g/mol. The Morgan fingerprint density at radius 2 is 0.718 bits per heavy atom. The van der Waals surface area contributed by atoms with Gasteiger partial charge in [0.2, 0.25) is 34.4 Å². The number of halogens is 2. The van der Waals surface area contributed by atoms with Crippen LogP contribution in [0.3, 0.4) is 0 Å². The summed E-state index contributed by atoms with van der Waals surface area (Å²) in [6, 6.07) is 18.0. The van der Waals surface area contributed by atoms with Crippen LogP contribution in [0.2, 0.25) is 10.6 Å². The molecule has 0 saturated carbocycles. The number of rotatable bonds is 27. The molecule has 576 valence electrons. The average Bonchev–Trinajstić information content (AvgIpc) is 0.755. The molecule has 2 aromatic heterocycles. The molecule has 0 saturated heterocycles. The first kappa shape index (κ1) is 81.2. The number of amides is 4. The van der Waals surface area contributed by atoms with Crippen LogP contribution in [0.25, 0.3) is 21.5 Å². The van der Waals surface area contributed by atoms with Crippen LogP contribution in [0.5, 0.6) is 0 Å². The van der Waals surface area contributed by atoms with Gasteiger partial charge in [0.1, 0.15) is 48.0 Å². The molecule has 46 nitrogen and oxygen atoms in total. The highest BCUT2D eigenvalue weighted by Gasteiger charge is 2.28. The molecule has 0 aliphatic carbocycles. The number of aromatic nitrogens is 6. The van der Waals surface area contributed by atoms with Gasteiger partial charge in [0.15, 0.2) is 9.84 Å². The molecular formula is C54H42Cl2N20O26S8. The van der Waals surface area contributed by atoms with Gasteiger partial charge in [-0.2, -0.15) is 93.9 Å². The molecule has 56 heteroatoms. The van der Waals surface area contributed by atoms with Gasteiger partial charge in [0, 0.05) is 27.8 Å². The first-order chi connectivity index (χ1) is 51.0. The van der Waals surface area contributed by atoms with E-state index in [9.17, 15) is 104 Å². The molecule has 0 spiro atoms. The second-order valence-corrected chi connectivity index (χ2v) is 33.9. The Hall–Kier alpha value is -11.3. The SMILES string of the molecule is NC(=O)Nc1cc(Nc2nc(Cl)nc(Nc3ccc(N=Nc4ccc(S(=O)(=O)CCOS(=O)(=O)O)cc4)c(Nc4nc(Cl)nc(Nc5ccc(N=Nc6cc7c(S(=O)(=O)O)cc(S(=O)(=O)O)cc7cc6S(=O)(=O)O)c(NC(N)=O)c5)n4)c3)n2)ccc1N=Nc1cc2c(S(=O)(=O)O)cc(S(=O)(=O)O)cc2cc1S(=O)(=O)O. The number of benzene rings is 8. The fraction of sp³-hybridized carbons (Fsp3) is 0.0370. The van der Waals surface area contributed by atoms with E-state index >= 15 is 0 Å². The van der Waals surface area contributed by atoms with Crippen LogP contribution in [0.15, 0.2) is 192 Å². The van der Waals surface area contributed by atoms with Crippen LogP contribution in [0.1, 0.15) is 0 Å². The Kier molecular flexibility index (Phi) is 22.9. The predicted molar refractivity (Wildman–Crippen MR) is 384 cm³/mol. The first-order valence-electron chi connectivity index (χ1n) is 28.8. The van der Waals surface area contributed by atoms with E-state index in [-0.39, 0.29) is 85.6 Å². The number of carbonyl (C=O) groups is 2. The maximum atomic E-state index is 12.9. The molecule has 0 unspecified atom stereocenters. The van der Waals surface area contributed by atoms with Crippen molar-refractivity contribution in [2.24, 2.45) is 42.2 Å². The number of hydrogen-bond donors (Lipinski definition) is 15. The number of carbonyl (C=O) groups excluding carboxylic acids is 2. The molecule has 0 aliphatic heterocycles. The molecule has 0 atom stereocenters. The van der Waals surface area contributed by atoms with Crippen molar-refractivity contribution in [1.82, 2.24) is 29.9 Å². The van der Waals surface area contributed by atoms with E-state index < -0.39 is 178 Å². The topological polar surface area (TPSA) is 734 Å². The summed E-state index contributed by atoms with van der Waals surface area (Å²) in [5, 5.41) is 36.7. The number of fused-ring (bicyclic) bond motifs is 2. The number of nitrogens with zero attached hydrogens (tertiary/aromatic N) is 12. The number of azo groups is 3. The Balaban J connectivity index is 0.958. The monoisotopic (exact) mass is 1710 g/mol. The maximum absolute atomic E-state index is 12.9. The van der Waals surface area contributed by atoms with Crippen molar-refractivity contribution in [1.29, 1.82) is 0 Å². The molecule has 0 radical (unpaired) electrons. The van der Waals surface area contributed by atoms with Gasteiger partial charge >= 0.3 is 22.5 Å². The standard InChI is InChI=1S/C54H42Cl2N20O26S8/c55-47-65-51(59-27-3-8-35(38(17-27)62-49(57)77)73-75-41-22-33-24(15-45(41)108(93,94)95)13-31(104(81,82)83)20-43(33)106(87,88)89)69-52(66-47)61-29-5-10-37(72-71-26-1-6-30(7-2-26)103(79,80)12-11-102-110(99,100)101)40(19-29)64-54-68-48(56)67-53(70-54)60-28-4-9-36(39(18-28)63-50(58)78)74-76-42-23-34-25(16-46(42)109(96,97)98)14-32(105(84,85)86)21-44(34)107(90,91)92/h1-10,13-23H,11-12H2,(H3,57,62,77)(H3,58,63,78)(H,81,82,83)(H,84,85,86)(H,87,88,89)(H,90,91,92)(H,93,94,95)(H,96,97,98)(H,99,100,101)(H2,59,61,65,66,69)(H2,60,64,67,68,70). The minimum atomic E-state index is -5.34. The van der Waals surface area contributed by atoms with Crippen LogP contribution in [-0.4, -0.2) is 154 Å². The van der Waals surface area contributed by atoms with Gasteiger partial charge in [-0.1, -0.05) is 0 Å². The quantitative estimate of drug-likeness (QED) is 0.0169. The van der Waals surface area contributed by atoms with E-state index in [0.717, 1.165) is 30.3 Å². The van der Waals surface area contributed by atoms with Gasteiger partial charge in [-0.25, -0.2) is 22.2 Å². The van der Waals surface area contributed by atoms with Crippen molar-refractivity contribution in [3.63, 3.8) is 0 Å². The Morgan fingerprint density at radius 1 is 0.373 bits per heavy atom. The van der Waals surface area contributed by atoms with E-state index in [1.54, 1.807) is 0 Å². The van der Waals surface area contributed by atoms with E-state index in [1.165, 1.54) is 48.5 Å². The van der Waals surface area contributed by atoms with E-state index in [4.69, 9.17) is 39.2 Å². The molecule has 8 aromatic carbocycles. The minimum absolute atomic E-state index is 0.000609. The molecule has 0 fully saturated rings. The third-order valence-corrected chi connectivity index (χ3v) is 21.7. The summed E-state index contributed by atoms with van der Waals surface area (Å²) in [5.41, 5.74) is 8.16. The minimum Gasteiger partial charge on any atom is -0.351 e. The molecule has 2 heterocycles. The normalized spacial score (nSPS) is 12.8. The number of anilines is 10. The maximum Gasteiger partial charge on any atom is 0.397 e. The highest BCUT2D eigenvalue weighted by atomic mass is 35.5. The zero-order chi connectivity index (χ0) is 80.6. The third kappa shape index (κ3) is 20.7. The third-order valence-electron chi connectivity index (χ3n) is 14.0. The first-order valence-corrected chi connectivity index (χ1v) is 41.2. The van der Waals surface area contributed by atoms with Crippen molar-refractivity contribution >= 4 is 230 Å². The molecule has 0 aliphatic rings. The summed E-state index contributed by atoms with van der Waals surface area (Å²) in [6.45, 7) is -0.919. The van der Waals surface area contributed by atoms with Gasteiger partial charge in [-0.05, 0) is 161 Å². The molecule has 0 bridgehead atoms. The summed E-state index contributed by atoms with van der Waals surface area (Å²) in [5.74, 6) is -2.17. The fourth-order valence-corrected chi connectivity index (χ4v) is 15.2. The molecule has 10 rings (SSSR count). The lowest BCUT2D eigenvalue weighted by Crippen LogP contribution is -2.19. The van der Waals surface area contributed by atoms with Crippen LogP contribution in [-0.2, 0) is 85.1 Å². The lowest BCUT2D eigenvalue weighted by molar-refractivity contribution is 0.258. The summed E-state index contributed by atoms with van der Waals surface area (Å²) in [7, 11) is -40.8. The summed E-state index contributed by atoms with van der Waals surface area (Å²) in [4.78, 5) is 42.7. The number of sulfone groups is 1. The van der Waals surface area contributed by atoms with E-state index in [1.807, 2.05) is 0 Å². The molecule has 110 heavy (non-hydrogen) atoms. The highest BCUT2D eigenvalue weighted by Crippen LogP contribution is 2.41. The van der Waals surface area contributed by atoms with Gasteiger partial charge in [-0.3, -0.25) is 31.9 Å². The number of primary amides is 2. The van der Waals surface area contributed by atoms with Crippen molar-refractivity contribution in [2.45, 2.75) is 34.3 Å². The molecule has 10 aromatic rings. The summed E-state index contributed by atoms with van der Waals surface area (Å²) >= 11 is 12.8. The number of urea groups is 2. The second kappa shape index (κ2) is 31.0. The lowest BCUT2D eigenvalue weighted by Gasteiger charge is -2.13. The van der Waals surface area contributed by atoms with Gasteiger partial charge in [-0.15, -0.1) is 25.6 Å². The smallest absolute Gasteiger partial charge is 0.351 e. The van der Waals surface area contributed by atoms with Crippen molar-refractivity contribution in [3.8, 4) is 0 Å². The second-order valence-electron chi connectivity index (χ2n) is 21.6. The summed E-state index contributed by atoms with van der Waals surface area (Å²) < 4.78 is 268. The molecule has 4 amide bonds. The van der Waals surface area contributed by atoms with Crippen molar-refractivity contribution in [2.75, 3.05) is 44.3 Å². The van der Waals surface area contributed by atoms with Gasteiger partial charge in [0.25, 0.3) is 60.7 Å². The van der Waals surface area contributed by atoms with Crippen molar-refractivity contribution < 1.29 is 113 Å². The van der Waals surface area contributed by atoms with Crippen LogP contribution in [0.4, 0.5) is 102 Å². The highest BCUT2D eigenvalue weighted by molar-refractivity contribution is 7.91. The van der Waals surface area contributed by atoms with E-state index in [0.29, 0.717) is 48.5 Å². The number of hydrogen-bond acceptors (Lipinski definition) is 35. The van der Waals surface area contributed by atoms with Crippen LogP contribution >= 0.6 is 23.2 Å². The van der Waals surface area contributed by atoms with Crippen LogP contribution in [0, 0.1) is 0 Å². The zero-order valence-corrected chi connectivity index (χ0v) is 61.5. The Labute approximate surface area is 627 Å². The Morgan fingerprint density at radius 3 is 1.07 bits per heavy atom.